The summed E-state index contributed by atoms with van der Waals surface area (Å²) in [5.41, 5.74) is 4.96. The summed E-state index contributed by atoms with van der Waals surface area (Å²) in [6, 6.07) is 6.82. The molecule has 0 aliphatic carbocycles. The minimum absolute atomic E-state index is 0.203. The summed E-state index contributed by atoms with van der Waals surface area (Å²) in [5.74, 6) is 0. The first-order valence-corrected chi connectivity index (χ1v) is 7.00. The van der Waals surface area contributed by atoms with Crippen LogP contribution in [0.15, 0.2) is 18.2 Å². The van der Waals surface area contributed by atoms with Crippen molar-refractivity contribution in [2.75, 3.05) is 6.54 Å². The maximum absolute atomic E-state index is 4.11. The van der Waals surface area contributed by atoms with Gasteiger partial charge in [0.25, 0.3) is 0 Å². The van der Waals surface area contributed by atoms with Crippen molar-refractivity contribution < 1.29 is 0 Å². The molecule has 1 heterocycles. The first-order chi connectivity index (χ1) is 8.63. The lowest BCUT2D eigenvalue weighted by Gasteiger charge is -2.18. The lowest BCUT2D eigenvalue weighted by atomic mass is 9.99. The Kier molecular flexibility index (Phi) is 4.09. The second kappa shape index (κ2) is 5.59. The highest BCUT2D eigenvalue weighted by Gasteiger charge is 2.18. The Balaban J connectivity index is 2.41. The number of nitrogens with zero attached hydrogens (tertiary/aromatic N) is 2. The zero-order chi connectivity index (χ0) is 13.1. The number of aryl methyl sites for hydroxylation is 3. The summed E-state index contributed by atoms with van der Waals surface area (Å²) >= 11 is 1.48. The molecule has 2 rings (SSSR count). The van der Waals surface area contributed by atoms with Gasteiger partial charge < -0.3 is 5.32 Å². The summed E-state index contributed by atoms with van der Waals surface area (Å²) in [7, 11) is 0. The van der Waals surface area contributed by atoms with Gasteiger partial charge in [0, 0.05) is 0 Å². The lowest BCUT2D eigenvalue weighted by Crippen LogP contribution is -2.22. The summed E-state index contributed by atoms with van der Waals surface area (Å²) in [6.07, 6.45) is 0. The third-order valence-electron chi connectivity index (χ3n) is 3.22. The van der Waals surface area contributed by atoms with Gasteiger partial charge in [-0.2, -0.15) is 0 Å². The number of hydrogen-bond acceptors (Lipinski definition) is 4. The van der Waals surface area contributed by atoms with Crippen molar-refractivity contribution in [2.24, 2.45) is 0 Å². The van der Waals surface area contributed by atoms with Crippen LogP contribution in [0.3, 0.4) is 0 Å². The van der Waals surface area contributed by atoms with Gasteiger partial charge in [-0.05, 0) is 55.5 Å². The monoisotopic (exact) mass is 261 g/mol. The number of rotatable bonds is 4. The Morgan fingerprint density at radius 3 is 2.56 bits per heavy atom. The van der Waals surface area contributed by atoms with Crippen LogP contribution in [0.4, 0.5) is 0 Å². The van der Waals surface area contributed by atoms with Crippen LogP contribution in [0.2, 0.25) is 0 Å². The quantitative estimate of drug-likeness (QED) is 0.918. The standard InChI is InChI=1S/C14H19N3S/c1-5-15-13(14-11(4)16-17-18-14)12-7-6-9(2)10(3)8-12/h6-8,13,15H,5H2,1-4H3. The lowest BCUT2D eigenvalue weighted by molar-refractivity contribution is 0.635. The Morgan fingerprint density at radius 2 is 2.00 bits per heavy atom. The van der Waals surface area contributed by atoms with Crippen LogP contribution in [0.1, 0.15) is 40.2 Å². The van der Waals surface area contributed by atoms with Gasteiger partial charge in [0.05, 0.1) is 16.6 Å². The zero-order valence-corrected chi connectivity index (χ0v) is 12.1. The van der Waals surface area contributed by atoms with Crippen molar-refractivity contribution >= 4 is 11.5 Å². The molecule has 0 aliphatic rings. The van der Waals surface area contributed by atoms with Crippen LogP contribution in [-0.2, 0) is 0 Å². The molecule has 1 aromatic carbocycles. The highest BCUT2D eigenvalue weighted by Crippen LogP contribution is 2.27. The molecule has 1 aromatic heterocycles. The molecule has 0 amide bonds. The molecule has 3 nitrogen and oxygen atoms in total. The number of hydrogen-bond donors (Lipinski definition) is 1. The molecular weight excluding hydrogens is 242 g/mol. The van der Waals surface area contributed by atoms with Gasteiger partial charge in [-0.15, -0.1) is 5.10 Å². The molecule has 1 unspecified atom stereocenters. The van der Waals surface area contributed by atoms with Crippen LogP contribution in [0, 0.1) is 20.8 Å². The van der Waals surface area contributed by atoms with Crippen LogP contribution in [0.25, 0.3) is 0 Å². The van der Waals surface area contributed by atoms with E-state index in [4.69, 9.17) is 0 Å². The second-order valence-electron chi connectivity index (χ2n) is 4.56. The van der Waals surface area contributed by atoms with E-state index in [-0.39, 0.29) is 6.04 Å². The zero-order valence-electron chi connectivity index (χ0n) is 11.3. The average Bonchev–Trinajstić information content (AvgIpc) is 2.76. The minimum Gasteiger partial charge on any atom is -0.306 e. The van der Waals surface area contributed by atoms with Gasteiger partial charge in [0.15, 0.2) is 0 Å². The van der Waals surface area contributed by atoms with E-state index >= 15 is 0 Å². The van der Waals surface area contributed by atoms with Crippen molar-refractivity contribution in [2.45, 2.75) is 33.7 Å². The molecule has 0 saturated heterocycles. The fourth-order valence-corrected chi connectivity index (χ4v) is 2.76. The van der Waals surface area contributed by atoms with Crippen molar-refractivity contribution in [3.05, 3.63) is 45.5 Å². The molecule has 96 valence electrons. The molecule has 0 radical (unpaired) electrons. The first kappa shape index (κ1) is 13.2. The number of nitrogens with one attached hydrogen (secondary N) is 1. The number of benzene rings is 1. The highest BCUT2D eigenvalue weighted by atomic mass is 32.1. The summed E-state index contributed by atoms with van der Waals surface area (Å²) < 4.78 is 4.04. The van der Waals surface area contributed by atoms with Crippen molar-refractivity contribution in [3.63, 3.8) is 0 Å². The van der Waals surface area contributed by atoms with E-state index in [2.05, 4.69) is 53.9 Å². The van der Waals surface area contributed by atoms with Gasteiger partial charge >= 0.3 is 0 Å². The number of aromatic nitrogens is 2. The smallest absolute Gasteiger partial charge is 0.0776 e. The van der Waals surface area contributed by atoms with Crippen LogP contribution in [0.5, 0.6) is 0 Å². The van der Waals surface area contributed by atoms with Gasteiger partial charge in [0.2, 0.25) is 0 Å². The predicted octanol–water partition coefficient (Wildman–Crippen LogP) is 3.16. The average molecular weight is 261 g/mol. The SMILES string of the molecule is CCNC(c1ccc(C)c(C)c1)c1snnc1C. The third-order valence-corrected chi connectivity index (χ3v) is 4.11. The minimum atomic E-state index is 0.203. The molecule has 0 bridgehead atoms. The molecular formula is C14H19N3S. The molecule has 0 aliphatic heterocycles. The van der Waals surface area contributed by atoms with Gasteiger partial charge in [-0.3, -0.25) is 0 Å². The van der Waals surface area contributed by atoms with E-state index in [0.29, 0.717) is 0 Å². The molecule has 0 spiro atoms. The van der Waals surface area contributed by atoms with Crippen LogP contribution >= 0.6 is 11.5 Å². The van der Waals surface area contributed by atoms with E-state index in [1.165, 1.54) is 33.1 Å². The largest absolute Gasteiger partial charge is 0.306 e. The Labute approximate surface area is 112 Å². The molecule has 0 saturated carbocycles. The van der Waals surface area contributed by atoms with Crippen molar-refractivity contribution in [1.82, 2.24) is 14.9 Å². The topological polar surface area (TPSA) is 37.8 Å². The van der Waals surface area contributed by atoms with Gasteiger partial charge in [-0.25, -0.2) is 0 Å². The predicted molar refractivity (Wildman–Crippen MR) is 76.1 cm³/mol. The molecule has 1 atom stereocenters. The van der Waals surface area contributed by atoms with E-state index in [1.807, 2.05) is 6.92 Å². The van der Waals surface area contributed by atoms with Crippen molar-refractivity contribution in [3.8, 4) is 0 Å². The summed E-state index contributed by atoms with van der Waals surface area (Å²) in [5, 5.41) is 7.63. The normalized spacial score (nSPS) is 12.7. The summed E-state index contributed by atoms with van der Waals surface area (Å²) in [4.78, 5) is 1.21. The Hall–Kier alpha value is -1.26. The molecule has 1 N–H and O–H groups in total. The Morgan fingerprint density at radius 1 is 1.22 bits per heavy atom. The third kappa shape index (κ3) is 2.60. The van der Waals surface area contributed by atoms with E-state index in [9.17, 15) is 0 Å². The maximum Gasteiger partial charge on any atom is 0.0776 e. The van der Waals surface area contributed by atoms with E-state index < -0.39 is 0 Å². The van der Waals surface area contributed by atoms with Crippen molar-refractivity contribution in [1.29, 1.82) is 0 Å². The Bertz CT molecular complexity index is 534. The molecule has 0 fully saturated rings. The summed E-state index contributed by atoms with van der Waals surface area (Å²) in [6.45, 7) is 9.36. The first-order valence-electron chi connectivity index (χ1n) is 6.23. The van der Waals surface area contributed by atoms with E-state index in [1.54, 1.807) is 0 Å². The van der Waals surface area contributed by atoms with Gasteiger partial charge in [0.1, 0.15) is 0 Å². The maximum atomic E-state index is 4.11. The fraction of sp³-hybridized carbons (Fsp3) is 0.429. The van der Waals surface area contributed by atoms with Crippen LogP contribution < -0.4 is 5.32 Å². The highest BCUT2D eigenvalue weighted by molar-refractivity contribution is 7.05. The second-order valence-corrected chi connectivity index (χ2v) is 5.34. The molecule has 2 aromatic rings. The fourth-order valence-electron chi connectivity index (χ4n) is 2.01. The van der Waals surface area contributed by atoms with E-state index in [0.717, 1.165) is 12.2 Å². The van der Waals surface area contributed by atoms with Gasteiger partial charge in [-0.1, -0.05) is 29.6 Å². The molecule has 4 heteroatoms. The molecule has 18 heavy (non-hydrogen) atoms. The van der Waals surface area contributed by atoms with Crippen LogP contribution in [-0.4, -0.2) is 16.1 Å².